The fraction of sp³-hybridized carbons (Fsp3) is 0.600. The van der Waals surface area contributed by atoms with Crippen LogP contribution < -0.4 is 5.32 Å². The van der Waals surface area contributed by atoms with Gasteiger partial charge in [-0.25, -0.2) is 0 Å². The largest absolute Gasteiger partial charge is 0.310 e. The van der Waals surface area contributed by atoms with Gasteiger partial charge in [-0.3, -0.25) is 0 Å². The zero-order valence-corrected chi connectivity index (χ0v) is 13.4. The highest BCUT2D eigenvalue weighted by atomic mass is 79.9. The van der Waals surface area contributed by atoms with Crippen LogP contribution in [0.1, 0.15) is 38.7 Å². The topological polar surface area (TPSA) is 12.0 Å². The van der Waals surface area contributed by atoms with Crippen molar-refractivity contribution in [1.82, 2.24) is 5.32 Å². The van der Waals surface area contributed by atoms with Crippen molar-refractivity contribution < 1.29 is 0 Å². The molecule has 2 unspecified atom stereocenters. The second-order valence-corrected chi connectivity index (χ2v) is 7.05. The van der Waals surface area contributed by atoms with E-state index in [4.69, 9.17) is 11.6 Å². The molecule has 0 radical (unpaired) electrons. The van der Waals surface area contributed by atoms with Crippen molar-refractivity contribution in [2.24, 2.45) is 11.8 Å². The minimum Gasteiger partial charge on any atom is -0.310 e. The fourth-order valence-electron chi connectivity index (χ4n) is 3.03. The average Bonchev–Trinajstić information content (AvgIpc) is 2.26. The highest BCUT2D eigenvalue weighted by Crippen LogP contribution is 2.29. The third-order valence-corrected chi connectivity index (χ3v) is 4.62. The van der Waals surface area contributed by atoms with Gasteiger partial charge >= 0.3 is 0 Å². The summed E-state index contributed by atoms with van der Waals surface area (Å²) in [4.78, 5) is 0. The third kappa shape index (κ3) is 3.97. The van der Waals surface area contributed by atoms with Gasteiger partial charge in [0.05, 0.1) is 0 Å². The maximum atomic E-state index is 6.23. The molecule has 1 aliphatic rings. The summed E-state index contributed by atoms with van der Waals surface area (Å²) < 4.78 is 1.04. The first-order valence-corrected chi connectivity index (χ1v) is 7.89. The number of halogens is 2. The van der Waals surface area contributed by atoms with Gasteiger partial charge in [0.2, 0.25) is 0 Å². The van der Waals surface area contributed by atoms with Crippen LogP contribution in [-0.2, 0) is 6.54 Å². The Labute approximate surface area is 123 Å². The number of nitrogens with one attached hydrogen (secondary N) is 1. The SMILES string of the molecule is CC1CC(C)CC(NCc2ccc(Br)cc2Cl)C1. The number of rotatable bonds is 3. The molecule has 1 aliphatic carbocycles. The van der Waals surface area contributed by atoms with E-state index in [1.54, 1.807) is 0 Å². The molecule has 0 aliphatic heterocycles. The Bertz CT molecular complexity index is 397. The van der Waals surface area contributed by atoms with Gasteiger partial charge in [0.1, 0.15) is 0 Å². The van der Waals surface area contributed by atoms with E-state index < -0.39 is 0 Å². The molecule has 1 saturated carbocycles. The van der Waals surface area contributed by atoms with Crippen LogP contribution in [0.2, 0.25) is 5.02 Å². The molecule has 1 fully saturated rings. The van der Waals surface area contributed by atoms with Gasteiger partial charge in [0.15, 0.2) is 0 Å². The molecule has 0 spiro atoms. The summed E-state index contributed by atoms with van der Waals surface area (Å²) in [5.41, 5.74) is 1.19. The molecule has 1 N–H and O–H groups in total. The average molecular weight is 331 g/mol. The van der Waals surface area contributed by atoms with Gasteiger partial charge in [-0.2, -0.15) is 0 Å². The van der Waals surface area contributed by atoms with Crippen molar-refractivity contribution in [2.75, 3.05) is 0 Å². The van der Waals surface area contributed by atoms with Crippen molar-refractivity contribution in [3.8, 4) is 0 Å². The summed E-state index contributed by atoms with van der Waals surface area (Å²) in [5.74, 6) is 1.68. The van der Waals surface area contributed by atoms with E-state index in [1.807, 2.05) is 6.07 Å². The van der Waals surface area contributed by atoms with Gasteiger partial charge in [-0.05, 0) is 48.8 Å². The van der Waals surface area contributed by atoms with E-state index >= 15 is 0 Å². The van der Waals surface area contributed by atoms with E-state index in [2.05, 4.69) is 47.2 Å². The minimum absolute atomic E-state index is 0.642. The normalized spacial score (nSPS) is 28.3. The van der Waals surface area contributed by atoms with Crippen LogP contribution in [0.5, 0.6) is 0 Å². The lowest BCUT2D eigenvalue weighted by Crippen LogP contribution is -2.35. The van der Waals surface area contributed by atoms with Crippen LogP contribution in [-0.4, -0.2) is 6.04 Å². The zero-order valence-electron chi connectivity index (χ0n) is 11.0. The first-order valence-electron chi connectivity index (χ1n) is 6.72. The summed E-state index contributed by atoms with van der Waals surface area (Å²) in [5, 5.41) is 4.50. The predicted molar refractivity (Wildman–Crippen MR) is 82.0 cm³/mol. The van der Waals surface area contributed by atoms with Crippen molar-refractivity contribution >= 4 is 27.5 Å². The first-order chi connectivity index (χ1) is 8.54. The molecule has 0 saturated heterocycles. The smallest absolute Gasteiger partial charge is 0.0462 e. The summed E-state index contributed by atoms with van der Waals surface area (Å²) in [6, 6.07) is 6.75. The second-order valence-electron chi connectivity index (χ2n) is 5.73. The van der Waals surface area contributed by atoms with E-state index in [9.17, 15) is 0 Å². The molecule has 1 nitrogen and oxygen atoms in total. The quantitative estimate of drug-likeness (QED) is 0.821. The van der Waals surface area contributed by atoms with Crippen LogP contribution in [0, 0.1) is 11.8 Å². The molecule has 1 aromatic carbocycles. The Balaban J connectivity index is 1.91. The Kier molecular flexibility index (Phi) is 5.11. The molecule has 2 rings (SSSR count). The number of benzene rings is 1. The van der Waals surface area contributed by atoms with Gasteiger partial charge in [-0.15, -0.1) is 0 Å². The monoisotopic (exact) mass is 329 g/mol. The van der Waals surface area contributed by atoms with Crippen LogP contribution in [0.15, 0.2) is 22.7 Å². The molecule has 3 heteroatoms. The van der Waals surface area contributed by atoms with Crippen LogP contribution in [0.4, 0.5) is 0 Å². The summed E-state index contributed by atoms with van der Waals surface area (Å²) in [7, 11) is 0. The highest BCUT2D eigenvalue weighted by molar-refractivity contribution is 9.10. The van der Waals surface area contributed by atoms with E-state index in [1.165, 1.54) is 24.8 Å². The highest BCUT2D eigenvalue weighted by Gasteiger charge is 2.23. The maximum absolute atomic E-state index is 6.23. The van der Waals surface area contributed by atoms with Crippen LogP contribution in [0.3, 0.4) is 0 Å². The van der Waals surface area contributed by atoms with Gasteiger partial charge < -0.3 is 5.32 Å². The Hall–Kier alpha value is -0.0500. The Morgan fingerprint density at radius 1 is 1.22 bits per heavy atom. The standard InChI is InChI=1S/C15H21BrClN/c1-10-5-11(2)7-14(6-10)18-9-12-3-4-13(16)8-15(12)17/h3-4,8,10-11,14,18H,5-7,9H2,1-2H3. The Morgan fingerprint density at radius 2 is 1.89 bits per heavy atom. The lowest BCUT2D eigenvalue weighted by atomic mass is 9.80. The molecule has 1 aromatic rings. The van der Waals surface area contributed by atoms with Crippen molar-refractivity contribution in [3.63, 3.8) is 0 Å². The minimum atomic E-state index is 0.642. The molecular formula is C15H21BrClN. The zero-order chi connectivity index (χ0) is 13.1. The molecule has 0 aromatic heterocycles. The summed E-state index contributed by atoms with van der Waals surface area (Å²) in [6.45, 7) is 5.59. The lowest BCUT2D eigenvalue weighted by molar-refractivity contribution is 0.238. The van der Waals surface area contributed by atoms with Crippen molar-refractivity contribution in [2.45, 2.75) is 45.7 Å². The van der Waals surface area contributed by atoms with Gasteiger partial charge in [-0.1, -0.05) is 47.4 Å². The number of hydrogen-bond acceptors (Lipinski definition) is 1. The van der Waals surface area contributed by atoms with E-state index in [0.717, 1.165) is 27.9 Å². The molecule has 2 atom stereocenters. The van der Waals surface area contributed by atoms with Crippen LogP contribution in [0.25, 0.3) is 0 Å². The van der Waals surface area contributed by atoms with E-state index in [-0.39, 0.29) is 0 Å². The molecule has 18 heavy (non-hydrogen) atoms. The summed E-state index contributed by atoms with van der Waals surface area (Å²) in [6.07, 6.45) is 3.95. The maximum Gasteiger partial charge on any atom is 0.0462 e. The molecule has 0 bridgehead atoms. The fourth-order valence-corrected chi connectivity index (χ4v) is 3.77. The molecular weight excluding hydrogens is 310 g/mol. The summed E-state index contributed by atoms with van der Waals surface area (Å²) >= 11 is 9.67. The van der Waals surface area contributed by atoms with Gasteiger partial charge in [0.25, 0.3) is 0 Å². The predicted octanol–water partition coefficient (Wildman–Crippen LogP) is 5.02. The first kappa shape index (κ1) is 14.4. The Morgan fingerprint density at radius 3 is 2.50 bits per heavy atom. The molecule has 0 heterocycles. The third-order valence-electron chi connectivity index (χ3n) is 3.77. The van der Waals surface area contributed by atoms with Crippen molar-refractivity contribution in [1.29, 1.82) is 0 Å². The van der Waals surface area contributed by atoms with Crippen LogP contribution >= 0.6 is 27.5 Å². The van der Waals surface area contributed by atoms with E-state index in [0.29, 0.717) is 6.04 Å². The number of hydrogen-bond donors (Lipinski definition) is 1. The van der Waals surface area contributed by atoms with Crippen molar-refractivity contribution in [3.05, 3.63) is 33.3 Å². The second kappa shape index (κ2) is 6.40. The molecule has 0 amide bonds. The van der Waals surface area contributed by atoms with Gasteiger partial charge in [0, 0.05) is 22.1 Å². The lowest BCUT2D eigenvalue weighted by Gasteiger charge is -2.32. The molecule has 100 valence electrons.